The Morgan fingerprint density at radius 2 is 1.95 bits per heavy atom. The van der Waals surface area contributed by atoms with Crippen molar-refractivity contribution in [3.8, 4) is 11.5 Å². The molecule has 212 valence electrons. The molecule has 1 aliphatic rings. The number of benzene rings is 1. The lowest BCUT2D eigenvalue weighted by Gasteiger charge is -2.18. The van der Waals surface area contributed by atoms with Gasteiger partial charge < -0.3 is 33.8 Å². The van der Waals surface area contributed by atoms with Crippen molar-refractivity contribution >= 4 is 16.9 Å². The molecule has 0 radical (unpaired) electrons. The van der Waals surface area contributed by atoms with Crippen LogP contribution in [-0.4, -0.2) is 64.4 Å². The Morgan fingerprint density at radius 1 is 1.15 bits per heavy atom. The van der Waals surface area contributed by atoms with Crippen LogP contribution < -0.4 is 20.1 Å². The number of aromatic nitrogens is 4. The molecule has 3 aromatic heterocycles. The number of nitrogens with one attached hydrogen (secondary N) is 2. The van der Waals surface area contributed by atoms with Crippen LogP contribution in [0.25, 0.3) is 11.0 Å². The van der Waals surface area contributed by atoms with Crippen molar-refractivity contribution < 1.29 is 27.8 Å². The van der Waals surface area contributed by atoms with Crippen LogP contribution in [0.3, 0.4) is 0 Å². The van der Waals surface area contributed by atoms with Gasteiger partial charge in [-0.1, -0.05) is 0 Å². The van der Waals surface area contributed by atoms with Crippen LogP contribution in [0.15, 0.2) is 41.1 Å². The zero-order chi connectivity index (χ0) is 27.9. The predicted octanol–water partition coefficient (Wildman–Crippen LogP) is 3.06. The molecule has 4 aromatic rings. The number of halogens is 1. The molecule has 4 heterocycles. The second-order valence-electron chi connectivity index (χ2n) is 9.57. The number of pyridine rings is 1. The van der Waals surface area contributed by atoms with Gasteiger partial charge in [-0.05, 0) is 26.0 Å². The first kappa shape index (κ1) is 27.5. The van der Waals surface area contributed by atoms with E-state index in [2.05, 4.69) is 25.2 Å². The maximum atomic E-state index is 13.7. The fourth-order valence-electron chi connectivity index (χ4n) is 4.39. The molecular formula is C28H33FN6O5. The van der Waals surface area contributed by atoms with Crippen molar-refractivity contribution in [1.82, 2.24) is 30.2 Å². The third-order valence-corrected chi connectivity index (χ3v) is 6.33. The van der Waals surface area contributed by atoms with Gasteiger partial charge in [-0.15, -0.1) is 0 Å². The summed E-state index contributed by atoms with van der Waals surface area (Å²) in [5.74, 6) is 1.90. The second kappa shape index (κ2) is 12.9. The van der Waals surface area contributed by atoms with E-state index < -0.39 is 11.7 Å². The fourth-order valence-corrected chi connectivity index (χ4v) is 4.39. The van der Waals surface area contributed by atoms with Gasteiger partial charge in [0.05, 0.1) is 36.0 Å². The Hall–Kier alpha value is -4.03. The number of carbonyl (C=O) groups excluding carboxylic acids is 1. The number of rotatable bonds is 13. The highest BCUT2D eigenvalue weighted by Gasteiger charge is 2.18. The third kappa shape index (κ3) is 6.75. The van der Waals surface area contributed by atoms with Gasteiger partial charge in [0.2, 0.25) is 0 Å². The minimum absolute atomic E-state index is 0.0354. The van der Waals surface area contributed by atoms with E-state index in [1.165, 1.54) is 24.6 Å². The van der Waals surface area contributed by atoms with Crippen molar-refractivity contribution in [2.45, 2.75) is 45.9 Å². The minimum Gasteiger partial charge on any atom is -0.486 e. The molecule has 1 amide bonds. The highest BCUT2D eigenvalue weighted by molar-refractivity contribution is 5.91. The highest BCUT2D eigenvalue weighted by Crippen LogP contribution is 2.34. The van der Waals surface area contributed by atoms with E-state index in [0.717, 1.165) is 28.4 Å². The predicted molar refractivity (Wildman–Crippen MR) is 144 cm³/mol. The minimum atomic E-state index is -0.476. The fraction of sp³-hybridized carbons (Fsp3) is 0.429. The first-order valence-electron chi connectivity index (χ1n) is 13.4. The molecular weight excluding hydrogens is 519 g/mol. The lowest BCUT2D eigenvalue weighted by atomic mass is 10.2. The summed E-state index contributed by atoms with van der Waals surface area (Å²) >= 11 is 0. The van der Waals surface area contributed by atoms with Gasteiger partial charge in [0.1, 0.15) is 31.1 Å². The molecule has 0 fully saturated rings. The summed E-state index contributed by atoms with van der Waals surface area (Å²) < 4.78 is 38.6. The van der Waals surface area contributed by atoms with Gasteiger partial charge in [0.15, 0.2) is 23.1 Å². The summed E-state index contributed by atoms with van der Waals surface area (Å²) in [4.78, 5) is 25.4. The van der Waals surface area contributed by atoms with E-state index >= 15 is 0 Å². The van der Waals surface area contributed by atoms with Gasteiger partial charge in [0, 0.05) is 50.8 Å². The SMILES string of the molecule is CC(C)OCCn1c(CCNCCc2nc(C(=O)NCc3ncccc3F)co2)nc2cc3c(cc21)OCCO3. The lowest BCUT2D eigenvalue weighted by Crippen LogP contribution is -2.24. The molecule has 0 atom stereocenters. The average molecular weight is 553 g/mol. The van der Waals surface area contributed by atoms with Crippen LogP contribution in [-0.2, 0) is 30.7 Å². The molecule has 0 aliphatic carbocycles. The smallest absolute Gasteiger partial charge is 0.273 e. The number of carbonyl (C=O) groups is 1. The van der Waals surface area contributed by atoms with E-state index in [9.17, 15) is 9.18 Å². The number of fused-ring (bicyclic) bond motifs is 2. The molecule has 40 heavy (non-hydrogen) atoms. The third-order valence-electron chi connectivity index (χ3n) is 6.33. The Kier molecular flexibility index (Phi) is 8.87. The maximum Gasteiger partial charge on any atom is 0.273 e. The van der Waals surface area contributed by atoms with Crippen LogP contribution in [0.5, 0.6) is 11.5 Å². The first-order valence-corrected chi connectivity index (χ1v) is 13.4. The van der Waals surface area contributed by atoms with Crippen LogP contribution in [0.1, 0.15) is 41.7 Å². The topological polar surface area (TPSA) is 126 Å². The van der Waals surface area contributed by atoms with Gasteiger partial charge in [0.25, 0.3) is 5.91 Å². The molecule has 0 spiro atoms. The summed E-state index contributed by atoms with van der Waals surface area (Å²) in [5, 5.41) is 6.00. The quantitative estimate of drug-likeness (QED) is 0.241. The standard InChI is InChI=1S/C28H33FN6O5/c1-18(2)37-11-10-35-23-15-25-24(38-12-13-39-25)14-20(23)33-26(35)5-8-30-9-6-27-34-22(17-40-27)28(36)32-16-21-19(29)4-3-7-31-21/h3-4,7,14-15,17-18,30H,5-6,8-13,16H2,1-2H3,(H,32,36). The summed E-state index contributed by atoms with van der Waals surface area (Å²) in [5.41, 5.74) is 2.15. The van der Waals surface area contributed by atoms with Crippen LogP contribution in [0.2, 0.25) is 0 Å². The van der Waals surface area contributed by atoms with E-state index in [0.29, 0.717) is 58.2 Å². The number of amides is 1. The van der Waals surface area contributed by atoms with Crippen LogP contribution in [0, 0.1) is 5.82 Å². The molecule has 5 rings (SSSR count). The first-order chi connectivity index (χ1) is 19.5. The van der Waals surface area contributed by atoms with E-state index in [4.69, 9.17) is 23.6 Å². The van der Waals surface area contributed by atoms with Crippen molar-refractivity contribution in [2.75, 3.05) is 32.9 Å². The van der Waals surface area contributed by atoms with Gasteiger partial charge in [-0.2, -0.15) is 0 Å². The largest absolute Gasteiger partial charge is 0.486 e. The number of hydrogen-bond acceptors (Lipinski definition) is 9. The monoisotopic (exact) mass is 552 g/mol. The normalized spacial score (nSPS) is 12.8. The summed E-state index contributed by atoms with van der Waals surface area (Å²) in [7, 11) is 0. The summed E-state index contributed by atoms with van der Waals surface area (Å²) in [6.45, 7) is 7.61. The summed E-state index contributed by atoms with van der Waals surface area (Å²) in [6, 6.07) is 6.72. The number of imidazole rings is 1. The molecule has 0 bridgehead atoms. The number of nitrogens with zero attached hydrogens (tertiary/aromatic N) is 4. The Balaban J connectivity index is 1.13. The molecule has 1 aromatic carbocycles. The molecule has 1 aliphatic heterocycles. The molecule has 0 saturated heterocycles. The van der Waals surface area contributed by atoms with E-state index in [1.54, 1.807) is 0 Å². The van der Waals surface area contributed by atoms with Gasteiger partial charge in [-0.25, -0.2) is 14.4 Å². The molecule has 0 unspecified atom stereocenters. The zero-order valence-electron chi connectivity index (χ0n) is 22.6. The van der Waals surface area contributed by atoms with Crippen molar-refractivity contribution in [3.05, 3.63) is 65.6 Å². The Morgan fingerprint density at radius 3 is 2.75 bits per heavy atom. The summed E-state index contributed by atoms with van der Waals surface area (Å²) in [6.07, 6.45) is 4.12. The lowest BCUT2D eigenvalue weighted by molar-refractivity contribution is 0.0728. The maximum absolute atomic E-state index is 13.7. The van der Waals surface area contributed by atoms with Crippen LogP contribution >= 0.6 is 0 Å². The molecule has 2 N–H and O–H groups in total. The van der Waals surface area contributed by atoms with Crippen LogP contribution in [0.4, 0.5) is 4.39 Å². The molecule has 12 heteroatoms. The highest BCUT2D eigenvalue weighted by atomic mass is 19.1. The number of oxazole rings is 1. The molecule has 11 nitrogen and oxygen atoms in total. The van der Waals surface area contributed by atoms with Crippen molar-refractivity contribution in [2.24, 2.45) is 0 Å². The zero-order valence-corrected chi connectivity index (χ0v) is 22.6. The average Bonchev–Trinajstić information content (AvgIpc) is 3.55. The number of ether oxygens (including phenoxy) is 3. The van der Waals surface area contributed by atoms with Crippen molar-refractivity contribution in [3.63, 3.8) is 0 Å². The van der Waals surface area contributed by atoms with E-state index in [1.807, 2.05) is 26.0 Å². The molecule has 0 saturated carbocycles. The van der Waals surface area contributed by atoms with E-state index in [-0.39, 0.29) is 24.0 Å². The van der Waals surface area contributed by atoms with Gasteiger partial charge >= 0.3 is 0 Å². The van der Waals surface area contributed by atoms with Crippen molar-refractivity contribution in [1.29, 1.82) is 0 Å². The Labute approximate surface area is 231 Å². The number of hydrogen-bond donors (Lipinski definition) is 2. The van der Waals surface area contributed by atoms with Gasteiger partial charge in [-0.3, -0.25) is 9.78 Å². The second-order valence-corrected chi connectivity index (χ2v) is 9.57. The Bertz CT molecular complexity index is 1450.